The van der Waals surface area contributed by atoms with Crippen molar-refractivity contribution in [3.63, 3.8) is 0 Å². The molecule has 0 saturated carbocycles. The van der Waals surface area contributed by atoms with E-state index in [-0.39, 0.29) is 23.5 Å². The lowest BCUT2D eigenvalue weighted by molar-refractivity contribution is -0.141. The third-order valence-corrected chi connectivity index (χ3v) is 4.77. The fourth-order valence-electron chi connectivity index (χ4n) is 3.34. The van der Waals surface area contributed by atoms with Gasteiger partial charge in [0.1, 0.15) is 23.1 Å². The molecule has 3 rings (SSSR count). The van der Waals surface area contributed by atoms with Crippen LogP contribution >= 0.6 is 0 Å². The Labute approximate surface area is 168 Å². The van der Waals surface area contributed by atoms with E-state index in [1.807, 2.05) is 0 Å². The summed E-state index contributed by atoms with van der Waals surface area (Å²) in [7, 11) is 1.29. The molecule has 11 heteroatoms. The molecule has 2 heterocycles. The normalized spacial score (nSPS) is 19.3. The molecule has 2 aromatic rings. The number of rotatable bonds is 4. The number of methoxy groups -OCH3 is 1. The van der Waals surface area contributed by atoms with E-state index in [1.165, 1.54) is 7.11 Å². The van der Waals surface area contributed by atoms with Crippen molar-refractivity contribution in [2.75, 3.05) is 25.5 Å². The second-order valence-electron chi connectivity index (χ2n) is 6.74. The van der Waals surface area contributed by atoms with Crippen molar-refractivity contribution >= 4 is 11.7 Å². The molecule has 1 aliphatic rings. The molecule has 0 radical (unpaired) electrons. The van der Waals surface area contributed by atoms with Crippen molar-refractivity contribution in [2.24, 2.45) is 0 Å². The van der Waals surface area contributed by atoms with Gasteiger partial charge in [0.2, 0.25) is 0 Å². The van der Waals surface area contributed by atoms with E-state index < -0.39 is 41.5 Å². The predicted molar refractivity (Wildman–Crippen MR) is 98.3 cm³/mol. The number of carbonyl (C=O) groups is 1. The van der Waals surface area contributed by atoms with Crippen molar-refractivity contribution in [1.29, 1.82) is 0 Å². The van der Waals surface area contributed by atoms with E-state index in [2.05, 4.69) is 20.9 Å². The summed E-state index contributed by atoms with van der Waals surface area (Å²) in [6, 6.07) is 2.62. The number of ether oxygens (including phenoxy) is 1. The van der Waals surface area contributed by atoms with Gasteiger partial charge in [0.05, 0.1) is 19.0 Å². The highest BCUT2D eigenvalue weighted by atomic mass is 19.4. The zero-order valence-corrected chi connectivity index (χ0v) is 15.8. The molecule has 6 nitrogen and oxygen atoms in total. The average molecular weight is 430 g/mol. The summed E-state index contributed by atoms with van der Waals surface area (Å²) >= 11 is 0. The van der Waals surface area contributed by atoms with Gasteiger partial charge in [0, 0.05) is 36.2 Å². The molecule has 1 fully saturated rings. The molecular formula is C19H19F5N4O2. The molecular weight excluding hydrogens is 411 g/mol. The smallest absolute Gasteiger partial charge is 0.433 e. The first kappa shape index (κ1) is 21.8. The number of urea groups is 1. The minimum Gasteiger partial charge on any atom is -0.497 e. The summed E-state index contributed by atoms with van der Waals surface area (Å²) in [5, 5.41) is 8.06. The number of pyridine rings is 1. The third-order valence-electron chi connectivity index (χ3n) is 4.77. The van der Waals surface area contributed by atoms with Crippen molar-refractivity contribution in [1.82, 2.24) is 15.6 Å². The van der Waals surface area contributed by atoms with E-state index in [0.29, 0.717) is 13.0 Å². The molecule has 1 unspecified atom stereocenters. The number of nitrogens with one attached hydrogen (secondary N) is 3. The number of piperidine rings is 1. The number of anilines is 1. The highest BCUT2D eigenvalue weighted by molar-refractivity contribution is 5.89. The molecule has 2 amide bonds. The molecule has 0 spiro atoms. The Morgan fingerprint density at radius 1 is 1.23 bits per heavy atom. The second kappa shape index (κ2) is 8.82. The first-order valence-electron chi connectivity index (χ1n) is 9.03. The van der Waals surface area contributed by atoms with Gasteiger partial charge in [0.25, 0.3) is 0 Å². The van der Waals surface area contributed by atoms with Crippen molar-refractivity contribution in [2.45, 2.75) is 24.6 Å². The van der Waals surface area contributed by atoms with Crippen molar-refractivity contribution in [3.8, 4) is 5.75 Å². The fraction of sp³-hybridized carbons (Fsp3) is 0.368. The molecule has 1 aromatic carbocycles. The van der Waals surface area contributed by atoms with Gasteiger partial charge < -0.3 is 20.7 Å². The minimum atomic E-state index is -4.59. The number of nitrogens with zero attached hydrogens (tertiary/aromatic N) is 1. The largest absolute Gasteiger partial charge is 0.497 e. The zero-order valence-electron chi connectivity index (χ0n) is 15.8. The molecule has 0 aliphatic carbocycles. The summed E-state index contributed by atoms with van der Waals surface area (Å²) in [5.41, 5.74) is -1.21. The van der Waals surface area contributed by atoms with E-state index in [4.69, 9.17) is 4.74 Å². The van der Waals surface area contributed by atoms with Gasteiger partial charge in [-0.25, -0.2) is 18.6 Å². The molecule has 162 valence electrons. The molecule has 0 bridgehead atoms. The lowest BCUT2D eigenvalue weighted by Gasteiger charge is -2.33. The number of halogens is 5. The Balaban J connectivity index is 1.72. The lowest BCUT2D eigenvalue weighted by atomic mass is 9.86. The molecule has 1 aromatic heterocycles. The van der Waals surface area contributed by atoms with Gasteiger partial charge in [-0.1, -0.05) is 0 Å². The van der Waals surface area contributed by atoms with E-state index >= 15 is 0 Å². The quantitative estimate of drug-likeness (QED) is 0.648. The van der Waals surface area contributed by atoms with Gasteiger partial charge >= 0.3 is 12.2 Å². The first-order valence-corrected chi connectivity index (χ1v) is 9.03. The number of amides is 2. The van der Waals surface area contributed by atoms with Crippen LogP contribution in [-0.4, -0.2) is 37.3 Å². The summed E-state index contributed by atoms with van der Waals surface area (Å²) < 4.78 is 71.6. The minimum absolute atomic E-state index is 0.0366. The highest BCUT2D eigenvalue weighted by Crippen LogP contribution is 2.31. The van der Waals surface area contributed by atoms with Crippen LogP contribution in [0.1, 0.15) is 23.6 Å². The number of hydrogen-bond acceptors (Lipinski definition) is 4. The Morgan fingerprint density at radius 2 is 1.93 bits per heavy atom. The van der Waals surface area contributed by atoms with Crippen molar-refractivity contribution in [3.05, 3.63) is 53.4 Å². The fourth-order valence-corrected chi connectivity index (χ4v) is 3.34. The standard InChI is InChI=1S/C19H19F5N4O2/c1-30-11-6-13(20)17(14(21)7-11)12-9-25-5-4-15(12)28-18(29)27-10-2-3-16(26-8-10)19(22,23)24/h2-3,6-8,12,15,25H,4-5,9H2,1H3,(H2,27,28,29)/t12?,15-/m1/s1. The van der Waals surface area contributed by atoms with Crippen LogP contribution in [0.4, 0.5) is 32.4 Å². The molecule has 30 heavy (non-hydrogen) atoms. The first-order chi connectivity index (χ1) is 14.2. The van der Waals surface area contributed by atoms with Gasteiger partial charge in [-0.2, -0.15) is 13.2 Å². The van der Waals surface area contributed by atoms with Gasteiger partial charge in [-0.15, -0.1) is 0 Å². The van der Waals surface area contributed by atoms with Crippen LogP contribution in [-0.2, 0) is 6.18 Å². The highest BCUT2D eigenvalue weighted by Gasteiger charge is 2.33. The molecule has 3 N–H and O–H groups in total. The number of hydrogen-bond donors (Lipinski definition) is 3. The Bertz CT molecular complexity index is 882. The summed E-state index contributed by atoms with van der Waals surface area (Å²) in [5.74, 6) is -2.24. The SMILES string of the molecule is COc1cc(F)c(C2CNCC[C@H]2NC(=O)Nc2ccc(C(F)(F)F)nc2)c(F)c1. The van der Waals surface area contributed by atoms with Crippen LogP contribution in [0.3, 0.4) is 0 Å². The average Bonchev–Trinajstić information content (AvgIpc) is 2.68. The predicted octanol–water partition coefficient (Wildman–Crippen LogP) is 3.65. The maximum absolute atomic E-state index is 14.5. The number of carbonyl (C=O) groups excluding carboxylic acids is 1. The molecule has 1 saturated heterocycles. The maximum atomic E-state index is 14.5. The van der Waals surface area contributed by atoms with E-state index in [0.717, 1.165) is 30.5 Å². The van der Waals surface area contributed by atoms with Crippen LogP contribution in [0.15, 0.2) is 30.5 Å². The van der Waals surface area contributed by atoms with Crippen LogP contribution in [0.2, 0.25) is 0 Å². The summed E-state index contributed by atoms with van der Waals surface area (Å²) in [4.78, 5) is 15.6. The van der Waals surface area contributed by atoms with Crippen molar-refractivity contribution < 1.29 is 31.5 Å². The number of benzene rings is 1. The Hall–Kier alpha value is -2.95. The second-order valence-corrected chi connectivity index (χ2v) is 6.74. The van der Waals surface area contributed by atoms with Crippen LogP contribution in [0.25, 0.3) is 0 Å². The van der Waals surface area contributed by atoms with Gasteiger partial charge in [0.15, 0.2) is 0 Å². The topological polar surface area (TPSA) is 75.3 Å². The maximum Gasteiger partial charge on any atom is 0.433 e. The number of alkyl halides is 3. The van der Waals surface area contributed by atoms with E-state index in [9.17, 15) is 26.7 Å². The summed E-state index contributed by atoms with van der Waals surface area (Å²) in [6.07, 6.45) is -3.31. The molecule has 2 atom stereocenters. The van der Waals surface area contributed by atoms with Gasteiger partial charge in [-0.05, 0) is 25.1 Å². The Morgan fingerprint density at radius 3 is 2.50 bits per heavy atom. The summed E-state index contributed by atoms with van der Waals surface area (Å²) in [6.45, 7) is 0.746. The zero-order chi connectivity index (χ0) is 21.9. The monoisotopic (exact) mass is 430 g/mol. The lowest BCUT2D eigenvalue weighted by Crippen LogP contribution is -2.49. The Kier molecular flexibility index (Phi) is 6.40. The third kappa shape index (κ3) is 4.96. The van der Waals surface area contributed by atoms with Crippen LogP contribution in [0, 0.1) is 11.6 Å². The molecule has 1 aliphatic heterocycles. The van der Waals surface area contributed by atoms with Gasteiger partial charge in [-0.3, -0.25) is 0 Å². The van der Waals surface area contributed by atoms with E-state index in [1.54, 1.807) is 0 Å². The van der Waals surface area contributed by atoms with Crippen LogP contribution < -0.4 is 20.7 Å². The number of aromatic nitrogens is 1. The van der Waals surface area contributed by atoms with Crippen LogP contribution in [0.5, 0.6) is 5.75 Å².